The third-order valence-electron chi connectivity index (χ3n) is 3.61. The van der Waals surface area contributed by atoms with Crippen LogP contribution in [0, 0.1) is 0 Å². The van der Waals surface area contributed by atoms with Crippen LogP contribution in [0.4, 0.5) is 5.69 Å². The van der Waals surface area contributed by atoms with Gasteiger partial charge in [0.15, 0.2) is 15.4 Å². The first-order chi connectivity index (χ1) is 12.8. The van der Waals surface area contributed by atoms with Crippen molar-refractivity contribution in [2.45, 2.75) is 17.0 Å². The Balaban J connectivity index is 1.68. The highest BCUT2D eigenvalue weighted by Crippen LogP contribution is 2.28. The van der Waals surface area contributed by atoms with Crippen LogP contribution < -0.4 is 5.32 Å². The lowest BCUT2D eigenvalue weighted by molar-refractivity contribution is -0.113. The summed E-state index contributed by atoms with van der Waals surface area (Å²) in [5.41, 5.74) is 1.33. The van der Waals surface area contributed by atoms with Crippen LogP contribution in [0.2, 0.25) is 10.0 Å². The molecule has 6 nitrogen and oxygen atoms in total. The van der Waals surface area contributed by atoms with Gasteiger partial charge in [-0.25, -0.2) is 13.4 Å². The fourth-order valence-electron chi connectivity index (χ4n) is 2.21. The fraction of sp³-hybridized carbons (Fsp3) is 0.176. The summed E-state index contributed by atoms with van der Waals surface area (Å²) < 4.78 is 29.4. The summed E-state index contributed by atoms with van der Waals surface area (Å²) in [5, 5.41) is 3.77. The average Bonchev–Trinajstić information content (AvgIpc) is 3.04. The molecule has 142 valence electrons. The quantitative estimate of drug-likeness (QED) is 0.556. The maximum atomic E-state index is 12.1. The summed E-state index contributed by atoms with van der Waals surface area (Å²) in [4.78, 5) is 16.5. The van der Waals surface area contributed by atoms with Gasteiger partial charge in [0, 0.05) is 5.02 Å². The molecule has 0 saturated carbocycles. The van der Waals surface area contributed by atoms with E-state index in [0.29, 0.717) is 26.8 Å². The molecule has 0 atom stereocenters. The van der Waals surface area contributed by atoms with Gasteiger partial charge in [0.05, 0.1) is 27.1 Å². The number of thioether (sulfide) groups is 1. The van der Waals surface area contributed by atoms with E-state index in [9.17, 15) is 13.2 Å². The Morgan fingerprint density at radius 2 is 2.00 bits per heavy atom. The second-order valence-corrected chi connectivity index (χ2v) is 9.52. The van der Waals surface area contributed by atoms with Crippen molar-refractivity contribution in [1.82, 2.24) is 4.98 Å². The minimum absolute atomic E-state index is 0.00535. The zero-order valence-corrected chi connectivity index (χ0v) is 17.2. The number of oxazole rings is 1. The Morgan fingerprint density at radius 1 is 1.22 bits per heavy atom. The Bertz CT molecular complexity index is 1110. The number of sulfone groups is 1. The molecule has 0 aliphatic rings. The monoisotopic (exact) mass is 444 g/mol. The molecule has 0 aliphatic heterocycles. The maximum absolute atomic E-state index is 12.1. The smallest absolute Gasteiger partial charge is 0.257 e. The molecule has 0 saturated heterocycles. The van der Waals surface area contributed by atoms with Crippen LogP contribution in [-0.2, 0) is 14.6 Å². The molecule has 3 aromatic rings. The summed E-state index contributed by atoms with van der Waals surface area (Å²) in [6, 6.07) is 9.28. The number of carbonyl (C=O) groups is 1. The highest BCUT2D eigenvalue weighted by molar-refractivity contribution is 7.99. The summed E-state index contributed by atoms with van der Waals surface area (Å²) in [5.74, 6) is -0.238. The number of nitrogens with zero attached hydrogens (tertiary/aromatic N) is 1. The molecule has 2 aromatic carbocycles. The predicted molar refractivity (Wildman–Crippen MR) is 108 cm³/mol. The van der Waals surface area contributed by atoms with Crippen LogP contribution in [0.25, 0.3) is 11.1 Å². The normalized spacial score (nSPS) is 11.7. The predicted octanol–water partition coefficient (Wildman–Crippen LogP) is 4.66. The number of amides is 1. The van der Waals surface area contributed by atoms with Gasteiger partial charge in [-0.15, -0.1) is 0 Å². The minimum atomic E-state index is -3.32. The van der Waals surface area contributed by atoms with Crippen molar-refractivity contribution in [3.63, 3.8) is 0 Å². The Labute approximate surface area is 170 Å². The van der Waals surface area contributed by atoms with Gasteiger partial charge in [-0.2, -0.15) is 0 Å². The van der Waals surface area contributed by atoms with Gasteiger partial charge < -0.3 is 9.73 Å². The first kappa shape index (κ1) is 20.0. The van der Waals surface area contributed by atoms with E-state index in [1.165, 1.54) is 18.2 Å². The zero-order valence-electron chi connectivity index (χ0n) is 14.0. The van der Waals surface area contributed by atoms with Crippen LogP contribution in [-0.4, -0.2) is 30.8 Å². The summed E-state index contributed by atoms with van der Waals surface area (Å²) in [7, 11) is -3.32. The standard InChI is InChI=1S/C17H14Cl2N2O4S2/c1-2-27(23,24)11-4-6-15-14(8-11)21-17(25-15)26-9-16(22)20-13-5-3-10(18)7-12(13)19/h3-8H,2,9H2,1H3,(H,20,22). The molecule has 1 N–H and O–H groups in total. The molecular weight excluding hydrogens is 431 g/mol. The van der Waals surface area contributed by atoms with Crippen LogP contribution in [0.1, 0.15) is 6.92 Å². The van der Waals surface area contributed by atoms with Gasteiger partial charge in [-0.3, -0.25) is 4.79 Å². The van der Waals surface area contributed by atoms with Crippen molar-refractivity contribution in [3.8, 4) is 0 Å². The molecule has 0 radical (unpaired) electrons. The van der Waals surface area contributed by atoms with Crippen LogP contribution in [0.3, 0.4) is 0 Å². The lowest BCUT2D eigenvalue weighted by Crippen LogP contribution is -2.14. The molecule has 1 aromatic heterocycles. The number of carbonyl (C=O) groups excluding carboxylic acids is 1. The molecular formula is C17H14Cl2N2O4S2. The lowest BCUT2D eigenvalue weighted by atomic mass is 10.3. The van der Waals surface area contributed by atoms with Crippen molar-refractivity contribution in [2.24, 2.45) is 0 Å². The first-order valence-electron chi connectivity index (χ1n) is 7.79. The van der Waals surface area contributed by atoms with E-state index < -0.39 is 9.84 Å². The van der Waals surface area contributed by atoms with E-state index in [0.717, 1.165) is 11.8 Å². The number of aromatic nitrogens is 1. The maximum Gasteiger partial charge on any atom is 0.257 e. The van der Waals surface area contributed by atoms with Gasteiger partial charge in [-0.05, 0) is 36.4 Å². The van der Waals surface area contributed by atoms with Crippen molar-refractivity contribution in [3.05, 3.63) is 46.4 Å². The van der Waals surface area contributed by atoms with Crippen LogP contribution in [0.5, 0.6) is 0 Å². The third kappa shape index (κ3) is 4.76. The van der Waals surface area contributed by atoms with Crippen molar-refractivity contribution < 1.29 is 17.6 Å². The Hall–Kier alpha value is -1.74. The molecule has 1 amide bonds. The highest BCUT2D eigenvalue weighted by atomic mass is 35.5. The number of halogens is 2. The van der Waals surface area contributed by atoms with E-state index in [1.54, 1.807) is 25.1 Å². The van der Waals surface area contributed by atoms with Crippen molar-refractivity contribution in [1.29, 1.82) is 0 Å². The second-order valence-electron chi connectivity index (χ2n) is 5.47. The van der Waals surface area contributed by atoms with Gasteiger partial charge in [0.1, 0.15) is 5.52 Å². The van der Waals surface area contributed by atoms with Gasteiger partial charge in [0.2, 0.25) is 5.91 Å². The summed E-state index contributed by atoms with van der Waals surface area (Å²) in [6.07, 6.45) is 0. The molecule has 0 spiro atoms. The molecule has 10 heteroatoms. The minimum Gasteiger partial charge on any atom is -0.431 e. The fourth-order valence-corrected chi connectivity index (χ4v) is 4.21. The molecule has 1 heterocycles. The van der Waals surface area contributed by atoms with E-state index >= 15 is 0 Å². The van der Waals surface area contributed by atoms with E-state index in [4.69, 9.17) is 27.6 Å². The number of nitrogens with one attached hydrogen (secondary N) is 1. The molecule has 0 bridgehead atoms. The highest BCUT2D eigenvalue weighted by Gasteiger charge is 2.15. The van der Waals surface area contributed by atoms with E-state index in [-0.39, 0.29) is 27.5 Å². The second kappa shape index (κ2) is 8.10. The lowest BCUT2D eigenvalue weighted by Gasteiger charge is -2.06. The number of benzene rings is 2. The Kier molecular flexibility index (Phi) is 6.00. The molecule has 0 aliphatic carbocycles. The topological polar surface area (TPSA) is 89.3 Å². The SMILES string of the molecule is CCS(=O)(=O)c1ccc2oc(SCC(=O)Nc3ccc(Cl)cc3Cl)nc2c1. The third-order valence-corrected chi connectivity index (χ3v) is 6.72. The summed E-state index contributed by atoms with van der Waals surface area (Å²) >= 11 is 12.9. The van der Waals surface area contributed by atoms with Crippen molar-refractivity contribution >= 4 is 67.5 Å². The molecule has 3 rings (SSSR count). The first-order valence-corrected chi connectivity index (χ1v) is 11.2. The molecule has 0 fully saturated rings. The number of rotatable bonds is 6. The van der Waals surface area contributed by atoms with Crippen LogP contribution >= 0.6 is 35.0 Å². The van der Waals surface area contributed by atoms with E-state index in [2.05, 4.69) is 10.3 Å². The van der Waals surface area contributed by atoms with Crippen molar-refractivity contribution in [2.75, 3.05) is 16.8 Å². The average molecular weight is 445 g/mol. The largest absolute Gasteiger partial charge is 0.431 e. The number of hydrogen-bond donors (Lipinski definition) is 1. The van der Waals surface area contributed by atoms with Crippen LogP contribution in [0.15, 0.2) is 50.9 Å². The molecule has 27 heavy (non-hydrogen) atoms. The van der Waals surface area contributed by atoms with Gasteiger partial charge in [0.25, 0.3) is 5.22 Å². The molecule has 0 unspecified atom stereocenters. The van der Waals surface area contributed by atoms with E-state index in [1.807, 2.05) is 0 Å². The number of anilines is 1. The number of fused-ring (bicyclic) bond motifs is 1. The van der Waals surface area contributed by atoms with Gasteiger partial charge >= 0.3 is 0 Å². The van der Waals surface area contributed by atoms with Gasteiger partial charge in [-0.1, -0.05) is 41.9 Å². The number of hydrogen-bond acceptors (Lipinski definition) is 6. The summed E-state index contributed by atoms with van der Waals surface area (Å²) in [6.45, 7) is 1.58. The Morgan fingerprint density at radius 3 is 2.70 bits per heavy atom. The zero-order chi connectivity index (χ0) is 19.6.